The average molecular weight is 380 g/mol. The molecule has 0 aromatic heterocycles. The lowest BCUT2D eigenvalue weighted by Gasteiger charge is -2.23. The van der Waals surface area contributed by atoms with Crippen molar-refractivity contribution in [2.24, 2.45) is 0 Å². The molecule has 2 N–H and O–H groups in total. The maximum absolute atomic E-state index is 12.3. The number of nitrogens with one attached hydrogen (secondary N) is 2. The zero-order chi connectivity index (χ0) is 19.8. The van der Waals surface area contributed by atoms with Crippen LogP contribution in [0.4, 0.5) is 0 Å². The van der Waals surface area contributed by atoms with Crippen LogP contribution < -0.4 is 10.6 Å². The van der Waals surface area contributed by atoms with Crippen molar-refractivity contribution < 1.29 is 9.59 Å². The van der Waals surface area contributed by atoms with Gasteiger partial charge in [-0.3, -0.25) is 14.5 Å². The van der Waals surface area contributed by atoms with E-state index < -0.39 is 11.8 Å². The highest BCUT2D eigenvalue weighted by Crippen LogP contribution is 2.23. The van der Waals surface area contributed by atoms with E-state index in [9.17, 15) is 9.59 Å². The van der Waals surface area contributed by atoms with E-state index in [1.807, 2.05) is 60.7 Å². The molecular formula is C23H29N3O2. The van der Waals surface area contributed by atoms with Gasteiger partial charge in [0.25, 0.3) is 0 Å². The predicted molar refractivity (Wildman–Crippen MR) is 111 cm³/mol. The molecule has 3 rings (SSSR count). The fourth-order valence-electron chi connectivity index (χ4n) is 3.91. The number of hydrogen-bond acceptors (Lipinski definition) is 3. The molecule has 1 fully saturated rings. The summed E-state index contributed by atoms with van der Waals surface area (Å²) in [6.45, 7) is 5.08. The molecule has 0 spiro atoms. The number of nitrogens with zero attached hydrogens (tertiary/aromatic N) is 1. The fourth-order valence-corrected chi connectivity index (χ4v) is 3.91. The summed E-state index contributed by atoms with van der Waals surface area (Å²) in [5.74, 6) is -1.12. The van der Waals surface area contributed by atoms with E-state index in [1.54, 1.807) is 0 Å². The molecule has 1 heterocycles. The van der Waals surface area contributed by atoms with Crippen LogP contribution in [0.3, 0.4) is 0 Å². The molecule has 2 amide bonds. The van der Waals surface area contributed by atoms with Crippen LogP contribution in [-0.2, 0) is 9.59 Å². The van der Waals surface area contributed by atoms with E-state index in [0.29, 0.717) is 19.1 Å². The van der Waals surface area contributed by atoms with Crippen LogP contribution in [0.5, 0.6) is 0 Å². The van der Waals surface area contributed by atoms with E-state index in [2.05, 4.69) is 22.5 Å². The summed E-state index contributed by atoms with van der Waals surface area (Å²) in [6.07, 6.45) is 2.22. The summed E-state index contributed by atoms with van der Waals surface area (Å²) in [7, 11) is 0. The van der Waals surface area contributed by atoms with Crippen LogP contribution in [0.25, 0.3) is 0 Å². The second-order valence-corrected chi connectivity index (χ2v) is 7.22. The van der Waals surface area contributed by atoms with E-state index in [4.69, 9.17) is 0 Å². The first-order valence-electron chi connectivity index (χ1n) is 10.1. The molecule has 5 nitrogen and oxygen atoms in total. The van der Waals surface area contributed by atoms with Gasteiger partial charge in [-0.15, -0.1) is 0 Å². The van der Waals surface area contributed by atoms with E-state index in [1.165, 1.54) is 0 Å². The molecule has 1 atom stereocenters. The van der Waals surface area contributed by atoms with Crippen molar-refractivity contribution in [1.29, 1.82) is 0 Å². The first kappa shape index (κ1) is 20.1. The minimum Gasteiger partial charge on any atom is -0.347 e. The van der Waals surface area contributed by atoms with Crippen LogP contribution >= 0.6 is 0 Å². The summed E-state index contributed by atoms with van der Waals surface area (Å²) in [4.78, 5) is 26.9. The Labute approximate surface area is 167 Å². The molecule has 0 bridgehead atoms. The monoisotopic (exact) mass is 379 g/mol. The summed E-state index contributed by atoms with van der Waals surface area (Å²) in [6, 6.07) is 20.4. The number of rotatable bonds is 7. The van der Waals surface area contributed by atoms with Gasteiger partial charge in [-0.1, -0.05) is 67.6 Å². The Morgan fingerprint density at radius 3 is 2.11 bits per heavy atom. The number of likely N-dealkylation sites (tertiary alicyclic amines) is 1. The van der Waals surface area contributed by atoms with Crippen LogP contribution in [0.1, 0.15) is 36.8 Å². The van der Waals surface area contributed by atoms with Gasteiger partial charge in [0.1, 0.15) is 0 Å². The Hall–Kier alpha value is -2.66. The van der Waals surface area contributed by atoms with E-state index >= 15 is 0 Å². The van der Waals surface area contributed by atoms with Gasteiger partial charge in [0, 0.05) is 25.0 Å². The van der Waals surface area contributed by atoms with Crippen molar-refractivity contribution in [3.63, 3.8) is 0 Å². The Morgan fingerprint density at radius 1 is 0.964 bits per heavy atom. The predicted octanol–water partition coefficient (Wildman–Crippen LogP) is 2.54. The fraction of sp³-hybridized carbons (Fsp3) is 0.391. The summed E-state index contributed by atoms with van der Waals surface area (Å²) in [5.41, 5.74) is 2.22. The maximum Gasteiger partial charge on any atom is 0.309 e. The molecule has 2 aromatic rings. The highest BCUT2D eigenvalue weighted by atomic mass is 16.2. The standard InChI is InChI=1S/C23H29N3O2/c1-2-26-15-9-14-20(26)16-24-22(27)23(28)25-17-21(18-10-5-3-6-11-18)19-12-7-4-8-13-19/h3-8,10-13,20-21H,2,9,14-17H2,1H3,(H,24,27)(H,25,28)/t20-/m1/s1. The highest BCUT2D eigenvalue weighted by molar-refractivity contribution is 6.35. The quantitative estimate of drug-likeness (QED) is 0.727. The lowest BCUT2D eigenvalue weighted by Crippen LogP contribution is -2.46. The van der Waals surface area contributed by atoms with E-state index in [0.717, 1.165) is 37.1 Å². The second kappa shape index (κ2) is 10.0. The lowest BCUT2D eigenvalue weighted by molar-refractivity contribution is -0.139. The van der Waals surface area contributed by atoms with Crippen molar-refractivity contribution in [1.82, 2.24) is 15.5 Å². The van der Waals surface area contributed by atoms with Crippen LogP contribution in [0.2, 0.25) is 0 Å². The molecule has 2 aromatic carbocycles. The number of likely N-dealkylation sites (N-methyl/N-ethyl adjacent to an activating group) is 1. The first-order valence-corrected chi connectivity index (χ1v) is 10.1. The van der Waals surface area contributed by atoms with Gasteiger partial charge in [-0.2, -0.15) is 0 Å². The SMILES string of the molecule is CCN1CCC[C@@H]1CNC(=O)C(=O)NCC(c1ccccc1)c1ccccc1. The Kier molecular flexibility index (Phi) is 7.20. The molecule has 28 heavy (non-hydrogen) atoms. The van der Waals surface area contributed by atoms with Gasteiger partial charge in [0.15, 0.2) is 0 Å². The van der Waals surface area contributed by atoms with Gasteiger partial charge in [0.05, 0.1) is 0 Å². The molecule has 1 aliphatic rings. The number of carbonyl (C=O) groups is 2. The molecule has 148 valence electrons. The molecule has 1 saturated heterocycles. The smallest absolute Gasteiger partial charge is 0.309 e. The van der Waals surface area contributed by atoms with Gasteiger partial charge in [-0.25, -0.2) is 0 Å². The van der Waals surface area contributed by atoms with Crippen molar-refractivity contribution in [2.75, 3.05) is 26.2 Å². The summed E-state index contributed by atoms with van der Waals surface area (Å²) in [5, 5.41) is 5.61. The topological polar surface area (TPSA) is 61.4 Å². The zero-order valence-electron chi connectivity index (χ0n) is 16.4. The van der Waals surface area contributed by atoms with Gasteiger partial charge >= 0.3 is 11.8 Å². The summed E-state index contributed by atoms with van der Waals surface area (Å²) >= 11 is 0. The van der Waals surface area contributed by atoms with Crippen LogP contribution in [0, 0.1) is 0 Å². The normalized spacial score (nSPS) is 16.9. The molecular weight excluding hydrogens is 350 g/mol. The third-order valence-corrected chi connectivity index (χ3v) is 5.48. The zero-order valence-corrected chi connectivity index (χ0v) is 16.4. The van der Waals surface area contributed by atoms with Crippen LogP contribution in [-0.4, -0.2) is 48.9 Å². The number of hydrogen-bond donors (Lipinski definition) is 2. The molecule has 0 aliphatic carbocycles. The Morgan fingerprint density at radius 2 is 1.54 bits per heavy atom. The van der Waals surface area contributed by atoms with Crippen LogP contribution in [0.15, 0.2) is 60.7 Å². The Bertz CT molecular complexity index is 724. The molecule has 1 aliphatic heterocycles. The van der Waals surface area contributed by atoms with Crippen molar-refractivity contribution in [3.05, 3.63) is 71.8 Å². The van der Waals surface area contributed by atoms with Crippen molar-refractivity contribution in [2.45, 2.75) is 31.7 Å². The highest BCUT2D eigenvalue weighted by Gasteiger charge is 2.25. The molecule has 0 saturated carbocycles. The first-order chi connectivity index (χ1) is 13.7. The third-order valence-electron chi connectivity index (χ3n) is 5.48. The lowest BCUT2D eigenvalue weighted by atomic mass is 9.91. The van der Waals surface area contributed by atoms with Gasteiger partial charge < -0.3 is 10.6 Å². The molecule has 0 radical (unpaired) electrons. The molecule has 5 heteroatoms. The van der Waals surface area contributed by atoms with E-state index in [-0.39, 0.29) is 5.92 Å². The van der Waals surface area contributed by atoms with Crippen molar-refractivity contribution in [3.8, 4) is 0 Å². The second-order valence-electron chi connectivity index (χ2n) is 7.22. The largest absolute Gasteiger partial charge is 0.347 e. The Balaban J connectivity index is 1.57. The minimum absolute atomic E-state index is 0.00423. The number of amides is 2. The summed E-state index contributed by atoms with van der Waals surface area (Å²) < 4.78 is 0. The third kappa shape index (κ3) is 5.20. The average Bonchev–Trinajstić information content (AvgIpc) is 3.21. The number of carbonyl (C=O) groups excluding carboxylic acids is 2. The van der Waals surface area contributed by atoms with Gasteiger partial charge in [-0.05, 0) is 37.1 Å². The maximum atomic E-state index is 12.3. The van der Waals surface area contributed by atoms with Crippen molar-refractivity contribution >= 4 is 11.8 Å². The minimum atomic E-state index is -0.571. The number of benzene rings is 2. The van der Waals surface area contributed by atoms with Gasteiger partial charge in [0.2, 0.25) is 0 Å². The molecule has 0 unspecified atom stereocenters.